The van der Waals surface area contributed by atoms with Gasteiger partial charge in [-0.25, -0.2) is 0 Å². The Morgan fingerprint density at radius 2 is 2.18 bits per heavy atom. The second-order valence-electron chi connectivity index (χ2n) is 3.56. The third-order valence-electron chi connectivity index (χ3n) is 2.90. The van der Waals surface area contributed by atoms with E-state index >= 15 is 0 Å². The van der Waals surface area contributed by atoms with Crippen molar-refractivity contribution in [2.24, 2.45) is 11.8 Å². The highest BCUT2D eigenvalue weighted by Crippen LogP contribution is 2.57. The first kappa shape index (κ1) is 8.80. The van der Waals surface area contributed by atoms with E-state index in [0.29, 0.717) is 0 Å². The van der Waals surface area contributed by atoms with Crippen molar-refractivity contribution in [3.63, 3.8) is 0 Å². The molecule has 4 atom stereocenters. The first-order valence-corrected chi connectivity index (χ1v) is 9.08. The van der Waals surface area contributed by atoms with E-state index in [4.69, 9.17) is 11.8 Å². The maximum Gasteiger partial charge on any atom is 0.314 e. The Morgan fingerprint density at radius 3 is 2.64 bits per heavy atom. The van der Waals surface area contributed by atoms with E-state index in [0.717, 1.165) is 17.1 Å². The molecule has 0 aromatic rings. The lowest BCUT2D eigenvalue weighted by molar-refractivity contribution is 0.493. The first-order valence-electron chi connectivity index (χ1n) is 4.08. The number of rotatable bonds is 2. The van der Waals surface area contributed by atoms with Crippen LogP contribution in [0.3, 0.4) is 0 Å². The van der Waals surface area contributed by atoms with Crippen LogP contribution in [0, 0.1) is 11.8 Å². The van der Waals surface area contributed by atoms with Crippen LogP contribution in [-0.4, -0.2) is 5.25 Å². The number of thiol groups is 1. The van der Waals surface area contributed by atoms with Crippen LogP contribution in [0.1, 0.15) is 25.7 Å². The highest BCUT2D eigenvalue weighted by molar-refractivity contribution is 8.90. The van der Waals surface area contributed by atoms with E-state index in [-0.39, 0.29) is 0 Å². The molecule has 2 aliphatic rings. The molecule has 2 saturated carbocycles. The molecule has 2 fully saturated rings. The largest absolute Gasteiger partial charge is 0.314 e. The van der Waals surface area contributed by atoms with Gasteiger partial charge in [0.2, 0.25) is 0 Å². The molecule has 4 unspecified atom stereocenters. The zero-order valence-electron chi connectivity index (χ0n) is 6.27. The van der Waals surface area contributed by atoms with Gasteiger partial charge < -0.3 is 0 Å². The molecule has 0 aromatic carbocycles. The van der Waals surface area contributed by atoms with Gasteiger partial charge in [-0.2, -0.15) is 0 Å². The van der Waals surface area contributed by atoms with Crippen molar-refractivity contribution in [3.8, 4) is 0 Å². The van der Waals surface area contributed by atoms with Crippen molar-refractivity contribution >= 4 is 40.5 Å². The van der Waals surface area contributed by atoms with Crippen molar-refractivity contribution in [2.45, 2.75) is 30.9 Å². The van der Waals surface area contributed by atoms with E-state index < -0.39 is 5.10 Å². The molecule has 11 heavy (non-hydrogen) atoms. The zero-order valence-corrected chi connectivity index (χ0v) is 9.69. The van der Waals surface area contributed by atoms with Gasteiger partial charge in [-0.05, 0) is 31.1 Å². The Kier molecular flexibility index (Phi) is 2.82. The maximum absolute atomic E-state index is 5.12. The van der Waals surface area contributed by atoms with Crippen LogP contribution in [-0.2, 0) is 11.8 Å². The molecular weight excluding hydrogens is 211 g/mol. The van der Waals surface area contributed by atoms with Crippen molar-refractivity contribution < 1.29 is 0 Å². The molecule has 2 aliphatic carbocycles. The normalized spacial score (nSPS) is 43.0. The third kappa shape index (κ3) is 1.93. The fraction of sp³-hybridized carbons (Fsp3) is 1.00. The summed E-state index contributed by atoms with van der Waals surface area (Å²) in [6, 6.07) is 0. The SMILES string of the molecule is S=[P+](S)SC1CC2CCC1C2. The lowest BCUT2D eigenvalue weighted by Gasteiger charge is -2.15. The van der Waals surface area contributed by atoms with Crippen LogP contribution < -0.4 is 0 Å². The van der Waals surface area contributed by atoms with Gasteiger partial charge >= 0.3 is 5.10 Å². The second-order valence-corrected chi connectivity index (χ2v) is 11.2. The standard InChI is InChI=1S/C7H11PS3/c9-8(10)11-7-4-5-1-2-6(7)3-5/h5-7H,1-4H2/p+1. The van der Waals surface area contributed by atoms with Crippen LogP contribution in [0.25, 0.3) is 0 Å². The number of hydrogen-bond acceptors (Lipinski definition) is 2. The Balaban J connectivity index is 1.92. The predicted molar refractivity (Wildman–Crippen MR) is 60.1 cm³/mol. The van der Waals surface area contributed by atoms with Gasteiger partial charge in [-0.1, -0.05) is 6.42 Å². The van der Waals surface area contributed by atoms with E-state index in [1.54, 1.807) is 0 Å². The minimum atomic E-state index is -0.429. The van der Waals surface area contributed by atoms with Gasteiger partial charge in [-0.15, -0.1) is 0 Å². The summed E-state index contributed by atoms with van der Waals surface area (Å²) in [4.78, 5) is 0. The first-order chi connectivity index (χ1) is 5.25. The van der Waals surface area contributed by atoms with Gasteiger partial charge in [0.1, 0.15) is 11.4 Å². The van der Waals surface area contributed by atoms with Crippen LogP contribution in [0.4, 0.5) is 0 Å². The average molecular weight is 223 g/mol. The molecule has 0 amide bonds. The van der Waals surface area contributed by atoms with Gasteiger partial charge in [-0.3, -0.25) is 0 Å². The van der Waals surface area contributed by atoms with Crippen LogP contribution >= 0.6 is 28.7 Å². The number of hydrogen-bond donors (Lipinski definition) is 1. The summed E-state index contributed by atoms with van der Waals surface area (Å²) in [5.41, 5.74) is 0. The van der Waals surface area contributed by atoms with E-state index in [9.17, 15) is 0 Å². The molecule has 0 N–H and O–H groups in total. The molecule has 0 nitrogen and oxygen atoms in total. The summed E-state index contributed by atoms with van der Waals surface area (Å²) in [7, 11) is 0. The second kappa shape index (κ2) is 3.53. The lowest BCUT2D eigenvalue weighted by atomic mass is 10.0. The smallest absolute Gasteiger partial charge is 0.0501 e. The zero-order chi connectivity index (χ0) is 7.84. The summed E-state index contributed by atoms with van der Waals surface area (Å²) in [6.45, 7) is 0. The maximum atomic E-state index is 5.12. The van der Waals surface area contributed by atoms with E-state index in [2.05, 4.69) is 12.2 Å². The van der Waals surface area contributed by atoms with Crippen LogP contribution in [0.5, 0.6) is 0 Å². The van der Waals surface area contributed by atoms with Crippen LogP contribution in [0.2, 0.25) is 0 Å². The highest BCUT2D eigenvalue weighted by Gasteiger charge is 2.42. The molecule has 0 saturated heterocycles. The summed E-state index contributed by atoms with van der Waals surface area (Å²) in [5.74, 6) is 2.06. The fourth-order valence-electron chi connectivity index (χ4n) is 2.43. The summed E-state index contributed by atoms with van der Waals surface area (Å²) in [5, 5.41) is 0.455. The molecule has 0 heterocycles. The van der Waals surface area contributed by atoms with Crippen molar-refractivity contribution in [1.82, 2.24) is 0 Å². The summed E-state index contributed by atoms with van der Waals surface area (Å²) in [6.07, 6.45) is 5.88. The highest BCUT2D eigenvalue weighted by atomic mass is 33.2. The van der Waals surface area contributed by atoms with Gasteiger partial charge in [0.25, 0.3) is 0 Å². The molecule has 0 aliphatic heterocycles. The quantitative estimate of drug-likeness (QED) is 0.561. The molecule has 0 spiro atoms. The van der Waals surface area contributed by atoms with Gasteiger partial charge in [0.05, 0.1) is 17.5 Å². The molecule has 2 bridgehead atoms. The van der Waals surface area contributed by atoms with E-state index in [1.165, 1.54) is 25.7 Å². The predicted octanol–water partition coefficient (Wildman–Crippen LogP) is 3.61. The van der Waals surface area contributed by atoms with Crippen molar-refractivity contribution in [1.29, 1.82) is 0 Å². The average Bonchev–Trinajstić information content (AvgIpc) is 2.45. The lowest BCUT2D eigenvalue weighted by Crippen LogP contribution is -2.10. The van der Waals surface area contributed by atoms with Crippen molar-refractivity contribution in [3.05, 3.63) is 0 Å². The molecule has 62 valence electrons. The summed E-state index contributed by atoms with van der Waals surface area (Å²) >= 11 is 11.4. The van der Waals surface area contributed by atoms with Crippen molar-refractivity contribution in [2.75, 3.05) is 0 Å². The minimum Gasteiger partial charge on any atom is -0.0501 e. The Hall–Kier alpha value is 1.22. The van der Waals surface area contributed by atoms with E-state index in [1.807, 2.05) is 11.4 Å². The Bertz CT molecular complexity index is 183. The Morgan fingerprint density at radius 1 is 1.36 bits per heavy atom. The monoisotopic (exact) mass is 223 g/mol. The van der Waals surface area contributed by atoms with Gasteiger partial charge in [0, 0.05) is 0 Å². The molecule has 0 aromatic heterocycles. The third-order valence-corrected chi connectivity index (χ3v) is 6.90. The molecule has 0 radical (unpaired) electrons. The molecular formula is C7H12PS3+. The fourth-order valence-corrected chi connectivity index (χ4v) is 6.99. The summed E-state index contributed by atoms with van der Waals surface area (Å²) < 4.78 is 0. The topological polar surface area (TPSA) is 0 Å². The van der Waals surface area contributed by atoms with Crippen LogP contribution in [0.15, 0.2) is 0 Å². The Labute approximate surface area is 83.2 Å². The molecule has 4 heteroatoms. The molecule has 2 rings (SSSR count). The van der Waals surface area contributed by atoms with Gasteiger partial charge in [0.15, 0.2) is 11.8 Å². The minimum absolute atomic E-state index is 0.429. The number of fused-ring (bicyclic) bond motifs is 2.